The molecule has 1 aliphatic heterocycles. The third-order valence-corrected chi connectivity index (χ3v) is 5.13. The molecule has 5 heteroatoms. The fraction of sp³-hybridized carbons (Fsp3) is 0.524. The van der Waals surface area contributed by atoms with E-state index in [0.29, 0.717) is 0 Å². The van der Waals surface area contributed by atoms with Gasteiger partial charge in [-0.05, 0) is 58.3 Å². The first kappa shape index (κ1) is 18.6. The molecule has 0 saturated carbocycles. The standard InChI is InChI=1S/C21H30N4O/c1-5-24-15-19(16(2)22-24)21(26)25-13-7-6-8-20(25)18-11-9-17(10-12-18)14-23(3)4/h9-12,15,20H,5-8,13-14H2,1-4H3/t20-/m0/s1. The molecule has 1 aliphatic rings. The van der Waals surface area contributed by atoms with Crippen LogP contribution in [0.15, 0.2) is 30.5 Å². The zero-order chi connectivity index (χ0) is 18.7. The van der Waals surface area contributed by atoms with Crippen LogP contribution in [0.25, 0.3) is 0 Å². The minimum atomic E-state index is 0.115. The maximum Gasteiger partial charge on any atom is 0.257 e. The summed E-state index contributed by atoms with van der Waals surface area (Å²) in [4.78, 5) is 17.4. The Morgan fingerprint density at radius 1 is 1.23 bits per heavy atom. The summed E-state index contributed by atoms with van der Waals surface area (Å²) in [7, 11) is 4.16. The maximum atomic E-state index is 13.2. The molecule has 2 aromatic rings. The number of piperidine rings is 1. The number of rotatable bonds is 5. The highest BCUT2D eigenvalue weighted by molar-refractivity contribution is 5.95. The van der Waals surface area contributed by atoms with E-state index < -0.39 is 0 Å². The Morgan fingerprint density at radius 3 is 2.58 bits per heavy atom. The average Bonchev–Trinajstić information content (AvgIpc) is 3.02. The second-order valence-electron chi connectivity index (χ2n) is 7.47. The molecule has 1 aromatic heterocycles. The molecule has 2 heterocycles. The van der Waals surface area contributed by atoms with Crippen molar-refractivity contribution in [1.29, 1.82) is 0 Å². The minimum absolute atomic E-state index is 0.115. The molecule has 0 aliphatic carbocycles. The lowest BCUT2D eigenvalue weighted by Gasteiger charge is -2.36. The van der Waals surface area contributed by atoms with E-state index in [2.05, 4.69) is 53.3 Å². The van der Waals surface area contributed by atoms with E-state index in [1.54, 1.807) is 0 Å². The van der Waals surface area contributed by atoms with E-state index in [1.165, 1.54) is 17.5 Å². The van der Waals surface area contributed by atoms with Gasteiger partial charge in [0.05, 0.1) is 17.3 Å². The topological polar surface area (TPSA) is 41.4 Å². The number of carbonyl (C=O) groups excluding carboxylic acids is 1. The molecule has 1 saturated heterocycles. The van der Waals surface area contributed by atoms with Gasteiger partial charge in [0.1, 0.15) is 0 Å². The average molecular weight is 354 g/mol. The SMILES string of the molecule is CCn1cc(C(=O)N2CCCC[C@H]2c2ccc(CN(C)C)cc2)c(C)n1. The first-order valence-electron chi connectivity index (χ1n) is 9.58. The first-order valence-corrected chi connectivity index (χ1v) is 9.58. The summed E-state index contributed by atoms with van der Waals surface area (Å²) < 4.78 is 1.84. The van der Waals surface area contributed by atoms with Gasteiger partial charge in [0.15, 0.2) is 0 Å². The Hall–Kier alpha value is -2.14. The fourth-order valence-electron chi connectivity index (χ4n) is 3.78. The van der Waals surface area contributed by atoms with Gasteiger partial charge < -0.3 is 9.80 Å². The van der Waals surface area contributed by atoms with E-state index >= 15 is 0 Å². The van der Waals surface area contributed by atoms with Gasteiger partial charge in [-0.25, -0.2) is 0 Å². The Kier molecular flexibility index (Phi) is 5.77. The quantitative estimate of drug-likeness (QED) is 0.823. The van der Waals surface area contributed by atoms with Crippen LogP contribution >= 0.6 is 0 Å². The van der Waals surface area contributed by atoms with Gasteiger partial charge in [-0.15, -0.1) is 0 Å². The molecule has 0 spiro atoms. The van der Waals surface area contributed by atoms with Crippen LogP contribution in [0, 0.1) is 6.92 Å². The van der Waals surface area contributed by atoms with Crippen LogP contribution in [0.3, 0.4) is 0 Å². The van der Waals surface area contributed by atoms with Gasteiger partial charge in [0.25, 0.3) is 5.91 Å². The minimum Gasteiger partial charge on any atom is -0.332 e. The highest BCUT2D eigenvalue weighted by Gasteiger charge is 2.30. The van der Waals surface area contributed by atoms with E-state index in [-0.39, 0.29) is 11.9 Å². The van der Waals surface area contributed by atoms with Crippen molar-refractivity contribution >= 4 is 5.91 Å². The van der Waals surface area contributed by atoms with Crippen molar-refractivity contribution in [2.75, 3.05) is 20.6 Å². The number of benzene rings is 1. The lowest BCUT2D eigenvalue weighted by molar-refractivity contribution is 0.0610. The van der Waals surface area contributed by atoms with E-state index in [9.17, 15) is 4.79 Å². The lowest BCUT2D eigenvalue weighted by atomic mass is 9.93. The maximum absolute atomic E-state index is 13.2. The molecule has 1 aromatic carbocycles. The van der Waals surface area contributed by atoms with Crippen LogP contribution in [0.2, 0.25) is 0 Å². The second-order valence-corrected chi connectivity index (χ2v) is 7.47. The van der Waals surface area contributed by atoms with Crippen molar-refractivity contribution in [2.24, 2.45) is 0 Å². The Labute approximate surface area is 156 Å². The van der Waals surface area contributed by atoms with Crippen molar-refractivity contribution in [3.05, 3.63) is 52.8 Å². The normalized spacial score (nSPS) is 17.7. The van der Waals surface area contributed by atoms with Crippen LogP contribution < -0.4 is 0 Å². The van der Waals surface area contributed by atoms with E-state index in [1.807, 2.05) is 24.7 Å². The molecule has 5 nitrogen and oxygen atoms in total. The predicted octanol–water partition coefficient (Wildman–Crippen LogP) is 3.64. The summed E-state index contributed by atoms with van der Waals surface area (Å²) in [5.41, 5.74) is 4.10. The zero-order valence-electron chi connectivity index (χ0n) is 16.4. The Balaban J connectivity index is 1.83. The third kappa shape index (κ3) is 3.98. The lowest BCUT2D eigenvalue weighted by Crippen LogP contribution is -2.38. The van der Waals surface area contributed by atoms with Crippen LogP contribution in [-0.4, -0.2) is 46.1 Å². The van der Waals surface area contributed by atoms with Crippen molar-refractivity contribution in [1.82, 2.24) is 19.6 Å². The molecular weight excluding hydrogens is 324 g/mol. The molecule has 1 fully saturated rings. The molecule has 0 unspecified atom stereocenters. The summed E-state index contributed by atoms with van der Waals surface area (Å²) >= 11 is 0. The number of nitrogens with zero attached hydrogens (tertiary/aromatic N) is 4. The van der Waals surface area contributed by atoms with Crippen molar-refractivity contribution in [3.8, 4) is 0 Å². The number of likely N-dealkylation sites (tertiary alicyclic amines) is 1. The number of carbonyl (C=O) groups is 1. The van der Waals surface area contributed by atoms with Crippen LogP contribution in [0.4, 0.5) is 0 Å². The summed E-state index contributed by atoms with van der Waals surface area (Å²) in [6.45, 7) is 6.50. The van der Waals surface area contributed by atoms with E-state index in [0.717, 1.165) is 43.7 Å². The van der Waals surface area contributed by atoms with Crippen LogP contribution in [0.5, 0.6) is 0 Å². The zero-order valence-corrected chi connectivity index (χ0v) is 16.4. The smallest absolute Gasteiger partial charge is 0.257 e. The molecule has 1 atom stereocenters. The largest absolute Gasteiger partial charge is 0.332 e. The van der Waals surface area contributed by atoms with Crippen molar-refractivity contribution in [2.45, 2.75) is 52.2 Å². The number of amides is 1. The van der Waals surface area contributed by atoms with E-state index in [4.69, 9.17) is 0 Å². The monoisotopic (exact) mass is 354 g/mol. The van der Waals surface area contributed by atoms with Gasteiger partial charge in [-0.2, -0.15) is 5.10 Å². The third-order valence-electron chi connectivity index (χ3n) is 5.13. The van der Waals surface area contributed by atoms with Crippen LogP contribution in [0.1, 0.15) is 59.4 Å². The van der Waals surface area contributed by atoms with Gasteiger partial charge in [-0.1, -0.05) is 24.3 Å². The molecule has 26 heavy (non-hydrogen) atoms. The molecule has 0 bridgehead atoms. The number of aromatic nitrogens is 2. The molecule has 1 amide bonds. The summed E-state index contributed by atoms with van der Waals surface area (Å²) in [5.74, 6) is 0.115. The van der Waals surface area contributed by atoms with Crippen molar-refractivity contribution in [3.63, 3.8) is 0 Å². The highest BCUT2D eigenvalue weighted by Crippen LogP contribution is 2.32. The second kappa shape index (κ2) is 8.04. The Morgan fingerprint density at radius 2 is 1.96 bits per heavy atom. The number of hydrogen-bond acceptors (Lipinski definition) is 3. The molecule has 3 rings (SSSR count). The molecule has 0 radical (unpaired) electrons. The first-order chi connectivity index (χ1) is 12.5. The van der Waals surface area contributed by atoms with Crippen molar-refractivity contribution < 1.29 is 4.79 Å². The van der Waals surface area contributed by atoms with Gasteiger partial charge in [0, 0.05) is 25.8 Å². The Bertz CT molecular complexity index is 748. The van der Waals surface area contributed by atoms with Gasteiger partial charge in [0.2, 0.25) is 0 Å². The fourth-order valence-corrected chi connectivity index (χ4v) is 3.78. The summed E-state index contributed by atoms with van der Waals surface area (Å²) in [6, 6.07) is 8.92. The summed E-state index contributed by atoms with van der Waals surface area (Å²) in [6.07, 6.45) is 5.16. The van der Waals surface area contributed by atoms with Gasteiger partial charge >= 0.3 is 0 Å². The van der Waals surface area contributed by atoms with Gasteiger partial charge in [-0.3, -0.25) is 9.48 Å². The molecular formula is C21H30N4O. The number of aryl methyl sites for hydroxylation is 2. The predicted molar refractivity (Wildman–Crippen MR) is 104 cm³/mol. The highest BCUT2D eigenvalue weighted by atomic mass is 16.2. The van der Waals surface area contributed by atoms with Crippen LogP contribution in [-0.2, 0) is 13.1 Å². The summed E-state index contributed by atoms with van der Waals surface area (Å²) in [5, 5.41) is 4.45. The number of hydrogen-bond donors (Lipinski definition) is 0. The molecule has 140 valence electrons. The molecule has 0 N–H and O–H groups in total.